The first-order chi connectivity index (χ1) is 13.9. The van der Waals surface area contributed by atoms with E-state index in [1.54, 1.807) is 6.92 Å². The van der Waals surface area contributed by atoms with Crippen LogP contribution in [0.2, 0.25) is 0 Å². The fourth-order valence-corrected chi connectivity index (χ4v) is 3.25. The van der Waals surface area contributed by atoms with Gasteiger partial charge in [-0.25, -0.2) is 4.79 Å². The van der Waals surface area contributed by atoms with Crippen molar-refractivity contribution in [1.82, 2.24) is 0 Å². The van der Waals surface area contributed by atoms with Crippen molar-refractivity contribution in [2.24, 2.45) is 0 Å². The van der Waals surface area contributed by atoms with Gasteiger partial charge in [0.25, 0.3) is 0 Å². The Balaban J connectivity index is 1.97. The Kier molecular flexibility index (Phi) is 9.42. The van der Waals surface area contributed by atoms with Crippen LogP contribution in [0.25, 0.3) is 5.57 Å². The molecule has 0 unspecified atom stereocenters. The molecule has 0 spiro atoms. The minimum absolute atomic E-state index is 0.321. The summed E-state index contributed by atoms with van der Waals surface area (Å²) in [6.45, 7) is 9.18. The van der Waals surface area contributed by atoms with Crippen molar-refractivity contribution in [3.63, 3.8) is 0 Å². The highest BCUT2D eigenvalue weighted by molar-refractivity contribution is 9.10. The van der Waals surface area contributed by atoms with Gasteiger partial charge in [-0.3, -0.25) is 0 Å². The van der Waals surface area contributed by atoms with Gasteiger partial charge in [-0.05, 0) is 74.2 Å². The molecule has 0 radical (unpaired) electrons. The molecule has 0 heterocycles. The van der Waals surface area contributed by atoms with E-state index in [9.17, 15) is 4.79 Å². The number of ether oxygens (including phenoxy) is 3. The summed E-state index contributed by atoms with van der Waals surface area (Å²) < 4.78 is 17.6. The zero-order valence-electron chi connectivity index (χ0n) is 17.5. The molecule has 2 rings (SSSR count). The number of rotatable bonds is 10. The van der Waals surface area contributed by atoms with Gasteiger partial charge in [0.1, 0.15) is 12.4 Å². The van der Waals surface area contributed by atoms with E-state index < -0.39 is 6.10 Å². The van der Waals surface area contributed by atoms with Gasteiger partial charge in [-0.1, -0.05) is 40.2 Å². The molecular formula is C24H29BrO4. The highest BCUT2D eigenvalue weighted by Crippen LogP contribution is 2.23. The van der Waals surface area contributed by atoms with Crippen LogP contribution in [0.4, 0.5) is 0 Å². The molecule has 0 aliphatic carbocycles. The SMILES string of the molecule is CCOC(=O)[C@H](Cc1ccc(OCC(C)=C(C)c2cccc(Br)c2)cc1)OCC. The van der Waals surface area contributed by atoms with Crippen LogP contribution in [0, 0.1) is 0 Å². The number of carbonyl (C=O) groups excluding carboxylic acids is 1. The second kappa shape index (κ2) is 11.8. The molecule has 0 amide bonds. The van der Waals surface area contributed by atoms with Crippen LogP contribution in [0.1, 0.15) is 38.8 Å². The number of allylic oxidation sites excluding steroid dienone is 1. The second-order valence-electron chi connectivity index (χ2n) is 6.75. The Morgan fingerprint density at radius 1 is 1.03 bits per heavy atom. The molecule has 0 aromatic heterocycles. The van der Waals surface area contributed by atoms with Gasteiger partial charge in [0.15, 0.2) is 6.10 Å². The molecule has 156 valence electrons. The zero-order valence-corrected chi connectivity index (χ0v) is 19.1. The van der Waals surface area contributed by atoms with Crippen molar-refractivity contribution in [1.29, 1.82) is 0 Å². The van der Waals surface area contributed by atoms with E-state index in [0.29, 0.717) is 26.2 Å². The van der Waals surface area contributed by atoms with Crippen LogP contribution in [-0.2, 0) is 20.7 Å². The molecule has 5 heteroatoms. The maximum absolute atomic E-state index is 12.0. The molecule has 2 aromatic carbocycles. The predicted molar refractivity (Wildman–Crippen MR) is 120 cm³/mol. The third kappa shape index (κ3) is 7.33. The van der Waals surface area contributed by atoms with Gasteiger partial charge in [0.05, 0.1) is 6.61 Å². The molecule has 0 N–H and O–H groups in total. The maximum atomic E-state index is 12.0. The van der Waals surface area contributed by atoms with Crippen molar-refractivity contribution in [2.45, 2.75) is 40.2 Å². The molecule has 0 fully saturated rings. The van der Waals surface area contributed by atoms with Gasteiger partial charge < -0.3 is 14.2 Å². The molecule has 0 saturated carbocycles. The molecule has 0 bridgehead atoms. The number of esters is 1. The Morgan fingerprint density at radius 3 is 2.38 bits per heavy atom. The first-order valence-electron chi connectivity index (χ1n) is 9.86. The molecule has 4 nitrogen and oxygen atoms in total. The highest BCUT2D eigenvalue weighted by Gasteiger charge is 2.20. The lowest BCUT2D eigenvalue weighted by molar-refractivity contribution is -0.156. The lowest BCUT2D eigenvalue weighted by atomic mass is 10.0. The van der Waals surface area contributed by atoms with E-state index in [1.165, 1.54) is 16.7 Å². The first kappa shape index (κ1) is 23.2. The largest absolute Gasteiger partial charge is 0.489 e. The molecule has 29 heavy (non-hydrogen) atoms. The smallest absolute Gasteiger partial charge is 0.335 e. The Morgan fingerprint density at radius 2 is 1.76 bits per heavy atom. The van der Waals surface area contributed by atoms with E-state index in [0.717, 1.165) is 15.8 Å². The van der Waals surface area contributed by atoms with E-state index in [2.05, 4.69) is 41.9 Å². The molecular weight excluding hydrogens is 432 g/mol. The van der Waals surface area contributed by atoms with Crippen LogP contribution in [0.3, 0.4) is 0 Å². The first-order valence-corrected chi connectivity index (χ1v) is 10.7. The van der Waals surface area contributed by atoms with Crippen LogP contribution in [0.15, 0.2) is 58.6 Å². The maximum Gasteiger partial charge on any atom is 0.335 e. The van der Waals surface area contributed by atoms with Gasteiger partial charge >= 0.3 is 5.97 Å². The molecule has 0 aliphatic rings. The third-order valence-electron chi connectivity index (χ3n) is 4.61. The summed E-state index contributed by atoms with van der Waals surface area (Å²) in [7, 11) is 0. The number of hydrogen-bond donors (Lipinski definition) is 0. The fraction of sp³-hybridized carbons (Fsp3) is 0.375. The Labute approximate surface area is 182 Å². The summed E-state index contributed by atoms with van der Waals surface area (Å²) in [6.07, 6.45) is -0.0989. The summed E-state index contributed by atoms with van der Waals surface area (Å²) in [6, 6.07) is 16.0. The number of carbonyl (C=O) groups is 1. The lowest BCUT2D eigenvalue weighted by Crippen LogP contribution is -2.28. The minimum Gasteiger partial charge on any atom is -0.489 e. The molecule has 0 aliphatic heterocycles. The van der Waals surface area contributed by atoms with Crippen LogP contribution in [0.5, 0.6) is 5.75 Å². The summed E-state index contributed by atoms with van der Waals surface area (Å²) in [5, 5.41) is 0. The second-order valence-corrected chi connectivity index (χ2v) is 7.66. The summed E-state index contributed by atoms with van der Waals surface area (Å²) >= 11 is 3.51. The van der Waals surface area contributed by atoms with E-state index in [-0.39, 0.29) is 5.97 Å². The molecule has 2 aromatic rings. The quantitative estimate of drug-likeness (QED) is 0.418. The monoisotopic (exact) mass is 460 g/mol. The highest BCUT2D eigenvalue weighted by atomic mass is 79.9. The van der Waals surface area contributed by atoms with Crippen molar-refractivity contribution in [2.75, 3.05) is 19.8 Å². The summed E-state index contributed by atoms with van der Waals surface area (Å²) in [5.41, 5.74) is 4.56. The summed E-state index contributed by atoms with van der Waals surface area (Å²) in [5.74, 6) is 0.470. The van der Waals surface area contributed by atoms with Crippen LogP contribution >= 0.6 is 15.9 Å². The zero-order chi connectivity index (χ0) is 21.2. The van der Waals surface area contributed by atoms with Gasteiger partial charge in [0.2, 0.25) is 0 Å². The van der Waals surface area contributed by atoms with Gasteiger partial charge in [-0.15, -0.1) is 0 Å². The van der Waals surface area contributed by atoms with Crippen molar-refractivity contribution >= 4 is 27.5 Å². The van der Waals surface area contributed by atoms with Crippen LogP contribution in [-0.4, -0.2) is 31.9 Å². The summed E-state index contributed by atoms with van der Waals surface area (Å²) in [4.78, 5) is 12.0. The number of hydrogen-bond acceptors (Lipinski definition) is 4. The van der Waals surface area contributed by atoms with Crippen molar-refractivity contribution < 1.29 is 19.0 Å². The number of benzene rings is 2. The lowest BCUT2D eigenvalue weighted by Gasteiger charge is -2.16. The van der Waals surface area contributed by atoms with Crippen LogP contribution < -0.4 is 4.74 Å². The predicted octanol–water partition coefficient (Wildman–Crippen LogP) is 5.83. The van der Waals surface area contributed by atoms with E-state index >= 15 is 0 Å². The minimum atomic E-state index is -0.579. The Bertz CT molecular complexity index is 827. The third-order valence-corrected chi connectivity index (χ3v) is 5.11. The van der Waals surface area contributed by atoms with Crippen molar-refractivity contribution in [3.8, 4) is 5.75 Å². The van der Waals surface area contributed by atoms with E-state index in [4.69, 9.17) is 14.2 Å². The average Bonchev–Trinajstić information content (AvgIpc) is 2.72. The average molecular weight is 461 g/mol. The van der Waals surface area contributed by atoms with Crippen molar-refractivity contribution in [3.05, 3.63) is 69.7 Å². The Hall–Kier alpha value is -2.11. The van der Waals surface area contributed by atoms with E-state index in [1.807, 2.05) is 43.3 Å². The van der Waals surface area contributed by atoms with Gasteiger partial charge in [0, 0.05) is 17.5 Å². The topological polar surface area (TPSA) is 44.8 Å². The van der Waals surface area contributed by atoms with Gasteiger partial charge in [-0.2, -0.15) is 0 Å². The fourth-order valence-electron chi connectivity index (χ4n) is 2.85. The number of halogens is 1. The standard InChI is InChI=1S/C24H29BrO4/c1-5-27-23(24(26)28-6-2)14-19-10-12-22(13-11-19)29-16-17(3)18(4)20-8-7-9-21(25)15-20/h7-13,15,23H,5-6,14,16H2,1-4H3/t23-/m0/s1. The molecule has 0 saturated heterocycles. The normalized spacial score (nSPS) is 12.9. The molecule has 1 atom stereocenters.